The van der Waals surface area contributed by atoms with Crippen molar-refractivity contribution >= 4 is 5.97 Å². The third-order valence-corrected chi connectivity index (χ3v) is 4.27. The van der Waals surface area contributed by atoms with Gasteiger partial charge in [0.25, 0.3) is 0 Å². The Morgan fingerprint density at radius 1 is 1.47 bits per heavy atom. The molecule has 0 bridgehead atoms. The van der Waals surface area contributed by atoms with Crippen LogP contribution in [0.5, 0.6) is 11.5 Å². The van der Waals surface area contributed by atoms with E-state index in [0.717, 1.165) is 12.1 Å². The molecule has 0 amide bonds. The number of phenolic OH excluding ortho intramolecular Hbond substituents is 1. The van der Waals surface area contributed by atoms with Gasteiger partial charge >= 0.3 is 5.97 Å². The van der Waals surface area contributed by atoms with Crippen LogP contribution in [-0.4, -0.2) is 40.3 Å². The van der Waals surface area contributed by atoms with Gasteiger partial charge in [-0.1, -0.05) is 0 Å². The highest BCUT2D eigenvalue weighted by molar-refractivity contribution is 5.71. The number of nitrogens with zero attached hydrogens (tertiary/aromatic N) is 1. The maximum atomic E-state index is 11.2. The minimum absolute atomic E-state index is 0.00542. The molecule has 2 aliphatic rings. The van der Waals surface area contributed by atoms with Crippen LogP contribution >= 0.6 is 0 Å². The number of carboxylic acids is 1. The van der Waals surface area contributed by atoms with Gasteiger partial charge in [-0.05, 0) is 25.5 Å². The summed E-state index contributed by atoms with van der Waals surface area (Å²) < 4.78 is 5.60. The molecule has 2 heterocycles. The molecule has 1 aromatic carbocycles. The number of aromatic hydroxyl groups is 1. The minimum atomic E-state index is -0.722. The molecule has 5 heteroatoms. The van der Waals surface area contributed by atoms with Crippen LogP contribution in [0.1, 0.15) is 24.9 Å². The maximum absolute atomic E-state index is 11.2. The lowest BCUT2D eigenvalue weighted by atomic mass is 10.0. The fraction of sp³-hybridized carbons (Fsp3) is 0.500. The number of carbonyl (C=O) groups is 1. The molecular formula is C14H17NO4. The van der Waals surface area contributed by atoms with Crippen molar-refractivity contribution in [3.05, 3.63) is 23.8 Å². The van der Waals surface area contributed by atoms with Gasteiger partial charge in [-0.15, -0.1) is 0 Å². The molecule has 0 saturated carbocycles. The summed E-state index contributed by atoms with van der Waals surface area (Å²) in [6, 6.07) is 5.23. The topological polar surface area (TPSA) is 70.0 Å². The lowest BCUT2D eigenvalue weighted by Crippen LogP contribution is -2.36. The molecule has 3 atom stereocenters. The second-order valence-electron chi connectivity index (χ2n) is 5.26. The van der Waals surface area contributed by atoms with E-state index in [0.29, 0.717) is 18.8 Å². The van der Waals surface area contributed by atoms with E-state index in [-0.39, 0.29) is 23.8 Å². The van der Waals surface area contributed by atoms with E-state index in [4.69, 9.17) is 4.74 Å². The predicted molar refractivity (Wildman–Crippen MR) is 68.3 cm³/mol. The van der Waals surface area contributed by atoms with Crippen molar-refractivity contribution in [2.24, 2.45) is 5.92 Å². The summed E-state index contributed by atoms with van der Waals surface area (Å²) in [5, 5.41) is 18.6. The van der Waals surface area contributed by atoms with Crippen LogP contribution in [0, 0.1) is 5.92 Å². The van der Waals surface area contributed by atoms with Gasteiger partial charge in [0.05, 0.1) is 12.0 Å². The van der Waals surface area contributed by atoms with E-state index < -0.39 is 5.97 Å². The average Bonchev–Trinajstić information content (AvgIpc) is 2.91. The van der Waals surface area contributed by atoms with Gasteiger partial charge in [-0.3, -0.25) is 9.69 Å². The SMILES string of the molecule is CC1C(C(=O)O)CCN1C1COc2cc(O)ccc21. The van der Waals surface area contributed by atoms with Crippen molar-refractivity contribution < 1.29 is 19.7 Å². The highest BCUT2D eigenvalue weighted by Gasteiger charge is 2.41. The Kier molecular flexibility index (Phi) is 2.86. The molecule has 102 valence electrons. The van der Waals surface area contributed by atoms with Crippen LogP contribution in [0.25, 0.3) is 0 Å². The normalized spacial score (nSPS) is 30.1. The first-order chi connectivity index (χ1) is 9.08. The van der Waals surface area contributed by atoms with E-state index in [1.54, 1.807) is 12.1 Å². The summed E-state index contributed by atoms with van der Waals surface area (Å²) in [5.74, 6) is -0.130. The van der Waals surface area contributed by atoms with Crippen LogP contribution < -0.4 is 4.74 Å². The third kappa shape index (κ3) is 1.94. The first kappa shape index (κ1) is 12.3. The molecule has 0 spiro atoms. The molecule has 1 aromatic rings. The lowest BCUT2D eigenvalue weighted by molar-refractivity contribution is -0.142. The number of benzene rings is 1. The third-order valence-electron chi connectivity index (χ3n) is 4.27. The molecule has 2 aliphatic heterocycles. The van der Waals surface area contributed by atoms with Gasteiger partial charge in [0.1, 0.15) is 18.1 Å². The lowest BCUT2D eigenvalue weighted by Gasteiger charge is -2.28. The molecule has 19 heavy (non-hydrogen) atoms. The molecular weight excluding hydrogens is 246 g/mol. The van der Waals surface area contributed by atoms with E-state index in [9.17, 15) is 15.0 Å². The fourth-order valence-corrected chi connectivity index (χ4v) is 3.19. The molecule has 0 aliphatic carbocycles. The quantitative estimate of drug-likeness (QED) is 0.848. The van der Waals surface area contributed by atoms with Crippen molar-refractivity contribution in [2.45, 2.75) is 25.4 Å². The Bertz CT molecular complexity index is 516. The fourth-order valence-electron chi connectivity index (χ4n) is 3.19. The van der Waals surface area contributed by atoms with Gasteiger partial charge < -0.3 is 14.9 Å². The number of phenols is 1. The summed E-state index contributed by atoms with van der Waals surface area (Å²) in [4.78, 5) is 13.4. The molecule has 5 nitrogen and oxygen atoms in total. The zero-order valence-corrected chi connectivity index (χ0v) is 10.7. The Morgan fingerprint density at radius 3 is 2.95 bits per heavy atom. The highest BCUT2D eigenvalue weighted by atomic mass is 16.5. The zero-order valence-electron chi connectivity index (χ0n) is 10.7. The molecule has 1 fully saturated rings. The number of ether oxygens (including phenoxy) is 1. The van der Waals surface area contributed by atoms with Crippen LogP contribution in [-0.2, 0) is 4.79 Å². The number of fused-ring (bicyclic) bond motifs is 1. The number of hydrogen-bond acceptors (Lipinski definition) is 4. The van der Waals surface area contributed by atoms with Crippen LogP contribution in [0.15, 0.2) is 18.2 Å². The number of hydrogen-bond donors (Lipinski definition) is 2. The number of aliphatic carboxylic acids is 1. The summed E-state index contributed by atoms with van der Waals surface area (Å²) in [5.41, 5.74) is 1.04. The number of rotatable bonds is 2. The van der Waals surface area contributed by atoms with Crippen molar-refractivity contribution in [3.63, 3.8) is 0 Å². The maximum Gasteiger partial charge on any atom is 0.308 e. The largest absolute Gasteiger partial charge is 0.508 e. The first-order valence-electron chi connectivity index (χ1n) is 6.52. The Morgan fingerprint density at radius 2 is 2.26 bits per heavy atom. The Balaban J connectivity index is 1.85. The van der Waals surface area contributed by atoms with Crippen molar-refractivity contribution in [1.82, 2.24) is 4.90 Å². The van der Waals surface area contributed by atoms with E-state index in [1.807, 2.05) is 13.0 Å². The summed E-state index contributed by atoms with van der Waals surface area (Å²) in [6.07, 6.45) is 0.681. The summed E-state index contributed by atoms with van der Waals surface area (Å²) in [7, 11) is 0. The standard InChI is InChI=1S/C14H17NO4/c1-8-10(14(17)18)4-5-15(8)12-7-19-13-6-9(16)2-3-11(12)13/h2-3,6,8,10,12,16H,4-5,7H2,1H3,(H,17,18). The van der Waals surface area contributed by atoms with Gasteiger partial charge in [0.2, 0.25) is 0 Å². The molecule has 1 saturated heterocycles. The van der Waals surface area contributed by atoms with Gasteiger partial charge in [-0.2, -0.15) is 0 Å². The first-order valence-corrected chi connectivity index (χ1v) is 6.52. The van der Waals surface area contributed by atoms with Crippen molar-refractivity contribution in [3.8, 4) is 11.5 Å². The van der Waals surface area contributed by atoms with Crippen molar-refractivity contribution in [1.29, 1.82) is 0 Å². The molecule has 2 N–H and O–H groups in total. The summed E-state index contributed by atoms with van der Waals surface area (Å²) in [6.45, 7) is 3.26. The second kappa shape index (κ2) is 4.42. The molecule has 3 unspecified atom stereocenters. The highest BCUT2D eigenvalue weighted by Crippen LogP contribution is 2.41. The number of carboxylic acid groups (broad SMARTS) is 1. The van der Waals surface area contributed by atoms with E-state index in [2.05, 4.69) is 4.90 Å². The van der Waals surface area contributed by atoms with E-state index >= 15 is 0 Å². The second-order valence-corrected chi connectivity index (χ2v) is 5.26. The molecule has 0 radical (unpaired) electrons. The van der Waals surface area contributed by atoms with Crippen LogP contribution in [0.4, 0.5) is 0 Å². The average molecular weight is 263 g/mol. The Hall–Kier alpha value is -1.75. The monoisotopic (exact) mass is 263 g/mol. The van der Waals surface area contributed by atoms with Crippen LogP contribution in [0.2, 0.25) is 0 Å². The van der Waals surface area contributed by atoms with Crippen LogP contribution in [0.3, 0.4) is 0 Å². The smallest absolute Gasteiger partial charge is 0.308 e. The van der Waals surface area contributed by atoms with Crippen molar-refractivity contribution in [2.75, 3.05) is 13.2 Å². The number of likely N-dealkylation sites (tertiary alicyclic amines) is 1. The van der Waals surface area contributed by atoms with Gasteiger partial charge in [0, 0.05) is 24.2 Å². The molecule has 0 aromatic heterocycles. The van der Waals surface area contributed by atoms with Gasteiger partial charge in [-0.25, -0.2) is 0 Å². The molecule has 3 rings (SSSR count). The summed E-state index contributed by atoms with van der Waals surface area (Å²) >= 11 is 0. The minimum Gasteiger partial charge on any atom is -0.508 e. The Labute approximate surface area is 111 Å². The van der Waals surface area contributed by atoms with E-state index in [1.165, 1.54) is 0 Å². The van der Waals surface area contributed by atoms with Gasteiger partial charge in [0.15, 0.2) is 0 Å². The zero-order chi connectivity index (χ0) is 13.6. The predicted octanol–water partition coefficient (Wildman–Crippen LogP) is 1.62.